The minimum Gasteiger partial charge on any atom is -0.388 e. The van der Waals surface area contributed by atoms with Gasteiger partial charge in [0.15, 0.2) is 0 Å². The fraction of sp³-hybridized carbons (Fsp3) is 0.444. The Morgan fingerprint density at radius 3 is 2.39 bits per heavy atom. The first-order chi connectivity index (χ1) is 34.6. The Morgan fingerprint density at radius 2 is 1.69 bits per heavy atom. The lowest BCUT2D eigenvalue weighted by Gasteiger charge is -2.42. The van der Waals surface area contributed by atoms with Crippen molar-refractivity contribution in [3.63, 3.8) is 0 Å². The van der Waals surface area contributed by atoms with E-state index in [0.29, 0.717) is 66.2 Å². The number of rotatable bonds is 11. The highest BCUT2D eigenvalue weighted by Crippen LogP contribution is 2.35. The molecule has 3 amide bonds. The number of hydrogen-bond acceptors (Lipinski definition) is 10. The van der Waals surface area contributed by atoms with Gasteiger partial charge in [-0.25, -0.2) is 18.6 Å². The van der Waals surface area contributed by atoms with Gasteiger partial charge < -0.3 is 14.8 Å². The standard InChI is InChI=1S/C54H63F2N11O5/c1-32-23-37(24-42(56)50(32)36-12-18-63(19-13-36)34(3)45-27-40-43(9-15-58-51(40)60(45)5)66-20-14-39(57-4)26-49(66)69)53(71)64-16-10-35(11-17-64)30-65-22-21-62(29-33(65)2)31-38-25-46-47(28-41(38)55)67(54(72)61(46)6)44-7-8-48(68)59-52(44)70/h9,12,14-15,20,23-28,33-35,44,57H,7-8,10-11,13,16-19,21-22,29-31H2,1-6H3,(H,59,68,70)/t33-,34-,44+/m0/s1. The van der Waals surface area contributed by atoms with Gasteiger partial charge in [0.1, 0.15) is 23.3 Å². The zero-order valence-corrected chi connectivity index (χ0v) is 41.9. The van der Waals surface area contributed by atoms with Crippen molar-refractivity contribution in [3.05, 3.63) is 127 Å². The van der Waals surface area contributed by atoms with Crippen LogP contribution in [0.25, 0.3) is 33.3 Å². The molecule has 0 aliphatic carbocycles. The predicted octanol–water partition coefficient (Wildman–Crippen LogP) is 5.89. The molecule has 4 aromatic heterocycles. The van der Waals surface area contributed by atoms with E-state index in [1.165, 1.54) is 21.3 Å². The van der Waals surface area contributed by atoms with Crippen LogP contribution in [-0.2, 0) is 30.2 Å². The average Bonchev–Trinajstić information content (AvgIpc) is 3.82. The number of nitrogens with zero attached hydrogens (tertiary/aromatic N) is 9. The SMILES string of the molecule is CNc1ccn(-c2ccnc3c2cc([C@H](C)N2CC=C(c4c(C)cc(C(=O)N5CCC(CN6CCN(Cc7cc8c(cc7F)n([C@@H]7CCC(=O)NC7=O)c(=O)n8C)C[C@@H]6C)CC5)cc4F)CC2)n3C)c(=O)c1. The van der Waals surface area contributed by atoms with Gasteiger partial charge in [0.25, 0.3) is 11.5 Å². The van der Waals surface area contributed by atoms with Crippen molar-refractivity contribution in [3.8, 4) is 5.69 Å². The number of hydrogen-bond donors (Lipinski definition) is 2. The lowest BCUT2D eigenvalue weighted by atomic mass is 9.92. The molecule has 378 valence electrons. The second-order valence-electron chi connectivity index (χ2n) is 20.3. The Balaban J connectivity index is 0.724. The molecule has 16 nitrogen and oxygen atoms in total. The lowest BCUT2D eigenvalue weighted by Crippen LogP contribution is -2.53. The molecule has 72 heavy (non-hydrogen) atoms. The third-order valence-corrected chi connectivity index (χ3v) is 15.9. The zero-order chi connectivity index (χ0) is 50.7. The Labute approximate surface area is 416 Å². The van der Waals surface area contributed by atoms with E-state index in [-0.39, 0.29) is 48.1 Å². The van der Waals surface area contributed by atoms with Crippen LogP contribution < -0.4 is 21.9 Å². The van der Waals surface area contributed by atoms with Crippen molar-refractivity contribution in [2.45, 2.75) is 77.5 Å². The number of aromatic nitrogens is 5. The van der Waals surface area contributed by atoms with E-state index >= 15 is 8.78 Å². The van der Waals surface area contributed by atoms with Crippen LogP contribution in [0.15, 0.2) is 76.6 Å². The van der Waals surface area contributed by atoms with Crippen molar-refractivity contribution >= 4 is 51.0 Å². The highest BCUT2D eigenvalue weighted by atomic mass is 19.1. The van der Waals surface area contributed by atoms with Crippen molar-refractivity contribution in [1.29, 1.82) is 0 Å². The quantitative estimate of drug-likeness (QED) is 0.150. The molecule has 3 saturated heterocycles. The van der Waals surface area contributed by atoms with Crippen molar-refractivity contribution in [2.24, 2.45) is 20.0 Å². The number of piperazine rings is 1. The van der Waals surface area contributed by atoms with Crippen LogP contribution in [0.5, 0.6) is 0 Å². The minimum atomic E-state index is -0.879. The molecule has 0 radical (unpaired) electrons. The molecule has 0 saturated carbocycles. The Morgan fingerprint density at radius 1 is 0.903 bits per heavy atom. The van der Waals surface area contributed by atoms with Gasteiger partial charge in [-0.15, -0.1) is 0 Å². The summed E-state index contributed by atoms with van der Waals surface area (Å²) in [4.78, 5) is 78.1. The number of pyridine rings is 2. The van der Waals surface area contributed by atoms with Crippen molar-refractivity contribution < 1.29 is 23.2 Å². The molecule has 0 unspecified atom stereocenters. The summed E-state index contributed by atoms with van der Waals surface area (Å²) in [5, 5.41) is 6.20. The van der Waals surface area contributed by atoms with Gasteiger partial charge >= 0.3 is 5.69 Å². The summed E-state index contributed by atoms with van der Waals surface area (Å²) >= 11 is 0. The maximum Gasteiger partial charge on any atom is 0.329 e. The summed E-state index contributed by atoms with van der Waals surface area (Å²) in [6, 6.07) is 13.1. The van der Waals surface area contributed by atoms with Gasteiger partial charge in [-0.1, -0.05) is 6.08 Å². The number of fused-ring (bicyclic) bond motifs is 2. The van der Waals surface area contributed by atoms with Crippen LogP contribution in [0.3, 0.4) is 0 Å². The number of nitrogens with one attached hydrogen (secondary N) is 2. The van der Waals surface area contributed by atoms with E-state index in [9.17, 15) is 24.0 Å². The molecule has 3 fully saturated rings. The van der Waals surface area contributed by atoms with Crippen LogP contribution >= 0.6 is 0 Å². The molecule has 2 N–H and O–H groups in total. The van der Waals surface area contributed by atoms with Crippen LogP contribution in [0.1, 0.15) is 90.8 Å². The molecule has 6 aromatic rings. The normalized spacial score (nSPS) is 20.3. The van der Waals surface area contributed by atoms with E-state index in [0.717, 1.165) is 84.8 Å². The highest BCUT2D eigenvalue weighted by molar-refractivity contribution is 6.00. The van der Waals surface area contributed by atoms with Gasteiger partial charge in [0.2, 0.25) is 11.8 Å². The number of aryl methyl sites for hydroxylation is 3. The largest absolute Gasteiger partial charge is 0.388 e. The number of imidazole rings is 1. The van der Waals surface area contributed by atoms with E-state index in [2.05, 4.69) is 60.9 Å². The second-order valence-corrected chi connectivity index (χ2v) is 20.3. The number of piperidine rings is 2. The summed E-state index contributed by atoms with van der Waals surface area (Å²) in [7, 11) is 5.39. The average molecular weight is 984 g/mol. The fourth-order valence-corrected chi connectivity index (χ4v) is 11.7. The van der Waals surface area contributed by atoms with Crippen molar-refractivity contribution in [1.82, 2.24) is 48.2 Å². The molecule has 3 atom stereocenters. The first-order valence-corrected chi connectivity index (χ1v) is 25.2. The summed E-state index contributed by atoms with van der Waals surface area (Å²) in [6.45, 7) is 12.4. The molecule has 18 heteroatoms. The molecule has 10 rings (SSSR count). The summed E-state index contributed by atoms with van der Waals surface area (Å²) in [5.74, 6) is -1.50. The van der Waals surface area contributed by atoms with Gasteiger partial charge in [0.05, 0.1) is 16.7 Å². The molecule has 8 heterocycles. The first kappa shape index (κ1) is 48.8. The van der Waals surface area contributed by atoms with E-state index < -0.39 is 23.5 Å². The van der Waals surface area contributed by atoms with Crippen LogP contribution in [0.2, 0.25) is 0 Å². The number of anilines is 1. The Bertz CT molecular complexity index is 3270. The van der Waals surface area contributed by atoms with Gasteiger partial charge in [-0.3, -0.25) is 52.9 Å². The van der Waals surface area contributed by atoms with Gasteiger partial charge in [-0.05, 0) is 99.9 Å². The van der Waals surface area contributed by atoms with Crippen molar-refractivity contribution in [2.75, 3.05) is 64.7 Å². The monoisotopic (exact) mass is 983 g/mol. The number of imide groups is 1. The smallest absolute Gasteiger partial charge is 0.329 e. The van der Waals surface area contributed by atoms with Crippen LogP contribution in [-0.4, -0.2) is 126 Å². The zero-order valence-electron chi connectivity index (χ0n) is 41.9. The number of amides is 3. The number of halogens is 2. The Kier molecular flexibility index (Phi) is 13.4. The summed E-state index contributed by atoms with van der Waals surface area (Å²) < 4.78 is 38.3. The minimum absolute atomic E-state index is 0.0181. The number of carbonyl (C=O) groups excluding carboxylic acids is 3. The summed E-state index contributed by atoms with van der Waals surface area (Å²) in [5.41, 5.74) is 6.77. The fourth-order valence-electron chi connectivity index (χ4n) is 11.7. The topological polar surface area (TPSA) is 155 Å². The van der Waals surface area contributed by atoms with Crippen LogP contribution in [0.4, 0.5) is 14.5 Å². The first-order valence-electron chi connectivity index (χ1n) is 25.2. The third-order valence-electron chi connectivity index (χ3n) is 15.9. The second kappa shape index (κ2) is 19.7. The number of likely N-dealkylation sites (tertiary alicyclic amines) is 1. The molecule has 4 aliphatic heterocycles. The molecule has 2 aromatic carbocycles. The molecule has 0 bridgehead atoms. The molecular formula is C54H63F2N11O5. The maximum absolute atomic E-state index is 16.1. The van der Waals surface area contributed by atoms with Gasteiger partial charge in [0, 0.05) is 157 Å². The Hall–Kier alpha value is -6.76. The highest BCUT2D eigenvalue weighted by Gasteiger charge is 2.34. The van der Waals surface area contributed by atoms with E-state index in [1.54, 1.807) is 43.2 Å². The summed E-state index contributed by atoms with van der Waals surface area (Å²) in [6.07, 6.45) is 8.25. The van der Waals surface area contributed by atoms with E-state index in [1.807, 2.05) is 37.1 Å². The molecular weight excluding hydrogens is 921 g/mol. The van der Waals surface area contributed by atoms with Crippen LogP contribution in [0, 0.1) is 24.5 Å². The number of benzene rings is 2. The van der Waals surface area contributed by atoms with Gasteiger partial charge in [-0.2, -0.15) is 0 Å². The third kappa shape index (κ3) is 9.08. The molecule has 4 aliphatic rings. The maximum atomic E-state index is 16.1. The van der Waals surface area contributed by atoms with E-state index in [4.69, 9.17) is 0 Å². The number of carbonyl (C=O) groups is 3. The predicted molar refractivity (Wildman–Crippen MR) is 273 cm³/mol. The molecule has 0 spiro atoms. The lowest BCUT2D eigenvalue weighted by molar-refractivity contribution is -0.135.